The van der Waals surface area contributed by atoms with E-state index in [4.69, 9.17) is 23.2 Å². The average Bonchev–Trinajstić information content (AvgIpc) is 2.81. The monoisotopic (exact) mass is 555 g/mol. The van der Waals surface area contributed by atoms with Crippen LogP contribution in [0.4, 0.5) is 5.69 Å². The first-order valence-electron chi connectivity index (χ1n) is 12.0. The van der Waals surface area contributed by atoms with E-state index in [0.29, 0.717) is 22.3 Å². The number of aryl methyl sites for hydroxylation is 1. The molecule has 0 aliphatic heterocycles. The lowest BCUT2D eigenvalue weighted by Gasteiger charge is -2.29. The lowest BCUT2D eigenvalue weighted by atomic mass is 10.1. The molecular weight excluding hydrogens is 521 g/mol. The molecule has 0 aromatic heterocycles. The van der Waals surface area contributed by atoms with Crippen LogP contribution < -0.4 is 9.62 Å². The minimum atomic E-state index is -3.60. The summed E-state index contributed by atoms with van der Waals surface area (Å²) in [5.41, 5.74) is 2.05. The lowest BCUT2D eigenvalue weighted by Crippen LogP contribution is -2.48. The zero-order valence-electron chi connectivity index (χ0n) is 21.3. The number of unbranched alkanes of at least 4 members (excludes halogenated alkanes) is 1. The van der Waals surface area contributed by atoms with Crippen LogP contribution in [0.2, 0.25) is 10.0 Å². The molecule has 2 aromatic rings. The molecule has 1 atom stereocenters. The van der Waals surface area contributed by atoms with Gasteiger partial charge >= 0.3 is 0 Å². The first kappa shape index (κ1) is 29.9. The molecule has 1 N–H and O–H groups in total. The number of carbonyl (C=O) groups is 2. The van der Waals surface area contributed by atoms with Gasteiger partial charge in [-0.05, 0) is 62.1 Å². The van der Waals surface area contributed by atoms with Crippen LogP contribution in [0.25, 0.3) is 0 Å². The van der Waals surface area contributed by atoms with E-state index in [1.165, 1.54) is 9.21 Å². The topological polar surface area (TPSA) is 86.8 Å². The minimum absolute atomic E-state index is 0.0682. The van der Waals surface area contributed by atoms with Crippen LogP contribution in [0.15, 0.2) is 42.5 Å². The fraction of sp³-hybridized carbons (Fsp3) is 0.462. The second-order valence-corrected chi connectivity index (χ2v) is 11.6. The van der Waals surface area contributed by atoms with Crippen molar-refractivity contribution in [2.24, 2.45) is 0 Å². The third-order valence-electron chi connectivity index (χ3n) is 5.83. The van der Waals surface area contributed by atoms with Crippen molar-refractivity contribution in [3.8, 4) is 0 Å². The van der Waals surface area contributed by atoms with E-state index in [0.717, 1.165) is 30.2 Å². The summed E-state index contributed by atoms with van der Waals surface area (Å²) in [5, 5.41) is 3.85. The SMILES string of the molecule is CCCCNC(=O)C(C)N(Cc1cccc(Cl)c1)C(=O)CCCN(c1cc(Cl)ccc1C)S(C)(=O)=O. The maximum absolute atomic E-state index is 13.3. The van der Waals surface area contributed by atoms with Crippen LogP contribution in [0, 0.1) is 6.92 Å². The van der Waals surface area contributed by atoms with Crippen molar-refractivity contribution in [2.45, 2.75) is 59.0 Å². The number of carbonyl (C=O) groups excluding carboxylic acids is 2. The Morgan fingerprint density at radius 1 is 1.06 bits per heavy atom. The maximum Gasteiger partial charge on any atom is 0.242 e. The summed E-state index contributed by atoms with van der Waals surface area (Å²) in [6.07, 6.45) is 3.27. The van der Waals surface area contributed by atoms with E-state index < -0.39 is 16.1 Å². The summed E-state index contributed by atoms with van der Waals surface area (Å²) < 4.78 is 26.3. The second-order valence-electron chi connectivity index (χ2n) is 8.84. The molecule has 198 valence electrons. The van der Waals surface area contributed by atoms with Gasteiger partial charge in [0.25, 0.3) is 0 Å². The smallest absolute Gasteiger partial charge is 0.242 e. The van der Waals surface area contributed by atoms with Gasteiger partial charge in [-0.1, -0.05) is 54.7 Å². The lowest BCUT2D eigenvalue weighted by molar-refractivity contribution is -0.140. The quantitative estimate of drug-likeness (QED) is 0.345. The molecule has 0 spiro atoms. The van der Waals surface area contributed by atoms with Crippen molar-refractivity contribution in [3.05, 3.63) is 63.6 Å². The summed E-state index contributed by atoms with van der Waals surface area (Å²) in [7, 11) is -3.60. The predicted molar refractivity (Wildman–Crippen MR) is 147 cm³/mol. The largest absolute Gasteiger partial charge is 0.354 e. The molecule has 0 fully saturated rings. The van der Waals surface area contributed by atoms with Crippen molar-refractivity contribution in [3.63, 3.8) is 0 Å². The number of anilines is 1. The molecule has 0 aliphatic carbocycles. The highest BCUT2D eigenvalue weighted by molar-refractivity contribution is 7.92. The van der Waals surface area contributed by atoms with E-state index in [2.05, 4.69) is 5.32 Å². The van der Waals surface area contributed by atoms with Crippen molar-refractivity contribution in [1.82, 2.24) is 10.2 Å². The Morgan fingerprint density at radius 2 is 1.75 bits per heavy atom. The van der Waals surface area contributed by atoms with Crippen LogP contribution in [-0.2, 0) is 26.2 Å². The van der Waals surface area contributed by atoms with Crippen molar-refractivity contribution in [1.29, 1.82) is 0 Å². The normalized spacial score (nSPS) is 12.2. The highest BCUT2D eigenvalue weighted by atomic mass is 35.5. The fourth-order valence-electron chi connectivity index (χ4n) is 3.78. The Kier molecular flexibility index (Phi) is 11.5. The molecular formula is C26H35Cl2N3O4S. The third kappa shape index (κ3) is 8.98. The van der Waals surface area contributed by atoms with Crippen LogP contribution >= 0.6 is 23.2 Å². The Morgan fingerprint density at radius 3 is 2.39 bits per heavy atom. The first-order valence-corrected chi connectivity index (χ1v) is 14.6. The Balaban J connectivity index is 2.18. The summed E-state index contributed by atoms with van der Waals surface area (Å²) in [5.74, 6) is -0.476. The molecule has 0 saturated carbocycles. The van der Waals surface area contributed by atoms with E-state index in [9.17, 15) is 18.0 Å². The molecule has 0 heterocycles. The molecule has 2 amide bonds. The number of benzene rings is 2. The molecule has 10 heteroatoms. The van der Waals surface area contributed by atoms with Crippen LogP contribution in [0.5, 0.6) is 0 Å². The second kappa shape index (κ2) is 13.9. The van der Waals surface area contributed by atoms with Crippen LogP contribution in [0.1, 0.15) is 50.7 Å². The molecule has 7 nitrogen and oxygen atoms in total. The van der Waals surface area contributed by atoms with Gasteiger partial charge in [0.15, 0.2) is 0 Å². The highest BCUT2D eigenvalue weighted by Crippen LogP contribution is 2.27. The summed E-state index contributed by atoms with van der Waals surface area (Å²) >= 11 is 12.2. The van der Waals surface area contributed by atoms with Gasteiger partial charge in [-0.2, -0.15) is 0 Å². The number of hydrogen-bond acceptors (Lipinski definition) is 4. The first-order chi connectivity index (χ1) is 16.9. The number of nitrogens with one attached hydrogen (secondary N) is 1. The van der Waals surface area contributed by atoms with E-state index >= 15 is 0 Å². The van der Waals surface area contributed by atoms with Gasteiger partial charge in [0.1, 0.15) is 6.04 Å². The van der Waals surface area contributed by atoms with Gasteiger partial charge < -0.3 is 10.2 Å². The minimum Gasteiger partial charge on any atom is -0.354 e. The van der Waals surface area contributed by atoms with Gasteiger partial charge in [0, 0.05) is 36.1 Å². The number of rotatable bonds is 13. The molecule has 0 bridgehead atoms. The number of sulfonamides is 1. The predicted octanol–water partition coefficient (Wildman–Crippen LogP) is 5.18. The molecule has 1 unspecified atom stereocenters. The standard InChI is InChI=1S/C26H35Cl2N3O4S/c1-5-6-14-29-26(33)20(3)30(18-21-9-7-10-22(27)16-21)25(32)11-8-15-31(36(4,34)35)24-17-23(28)13-12-19(24)2/h7,9-10,12-13,16-17,20H,5-6,8,11,14-15,18H2,1-4H3,(H,29,33). The number of amides is 2. The van der Waals surface area contributed by atoms with E-state index in [1.54, 1.807) is 50.2 Å². The van der Waals surface area contributed by atoms with E-state index in [1.807, 2.05) is 13.0 Å². The van der Waals surface area contributed by atoms with Crippen molar-refractivity contribution < 1.29 is 18.0 Å². The third-order valence-corrected chi connectivity index (χ3v) is 7.48. The summed E-state index contributed by atoms with van der Waals surface area (Å²) in [6, 6.07) is 11.5. The molecule has 0 saturated heterocycles. The zero-order valence-corrected chi connectivity index (χ0v) is 23.6. The molecule has 2 rings (SSSR count). The average molecular weight is 557 g/mol. The van der Waals surface area contributed by atoms with Gasteiger partial charge in [-0.15, -0.1) is 0 Å². The van der Waals surface area contributed by atoms with Gasteiger partial charge in [0.2, 0.25) is 21.8 Å². The molecule has 0 aliphatic rings. The fourth-order valence-corrected chi connectivity index (χ4v) is 5.18. The maximum atomic E-state index is 13.3. The molecule has 36 heavy (non-hydrogen) atoms. The number of halogens is 2. The van der Waals surface area contributed by atoms with Gasteiger partial charge in [-0.25, -0.2) is 8.42 Å². The van der Waals surface area contributed by atoms with Crippen molar-refractivity contribution >= 4 is 50.7 Å². The number of hydrogen-bond donors (Lipinski definition) is 1. The van der Waals surface area contributed by atoms with Gasteiger partial charge in [-0.3, -0.25) is 13.9 Å². The van der Waals surface area contributed by atoms with Crippen molar-refractivity contribution in [2.75, 3.05) is 23.7 Å². The van der Waals surface area contributed by atoms with Gasteiger partial charge in [0.05, 0.1) is 11.9 Å². The molecule has 2 aromatic carbocycles. The highest BCUT2D eigenvalue weighted by Gasteiger charge is 2.27. The Hall–Kier alpha value is -2.29. The zero-order chi connectivity index (χ0) is 26.9. The van der Waals surface area contributed by atoms with E-state index in [-0.39, 0.29) is 37.7 Å². The summed E-state index contributed by atoms with van der Waals surface area (Å²) in [6.45, 7) is 6.40. The summed E-state index contributed by atoms with van der Waals surface area (Å²) in [4.78, 5) is 27.6. The van der Waals surface area contributed by atoms with Crippen LogP contribution in [-0.4, -0.2) is 50.5 Å². The number of nitrogens with zero attached hydrogens (tertiary/aromatic N) is 2. The molecule has 0 radical (unpaired) electrons. The Labute approximate surface area is 224 Å². The Bertz CT molecular complexity index is 1160. The van der Waals surface area contributed by atoms with Crippen LogP contribution in [0.3, 0.4) is 0 Å².